The van der Waals surface area contributed by atoms with Gasteiger partial charge in [-0.15, -0.1) is 6.58 Å². The van der Waals surface area contributed by atoms with Crippen LogP contribution in [0.3, 0.4) is 0 Å². The first-order chi connectivity index (χ1) is 13.7. The van der Waals surface area contributed by atoms with E-state index in [1.807, 2.05) is 0 Å². The molecule has 10 heteroatoms. The Hall–Kier alpha value is -2.69. The van der Waals surface area contributed by atoms with Crippen molar-refractivity contribution in [2.45, 2.75) is 12.7 Å². The minimum Gasteiger partial charge on any atom is -0.322 e. The van der Waals surface area contributed by atoms with Crippen LogP contribution in [0.25, 0.3) is 0 Å². The summed E-state index contributed by atoms with van der Waals surface area (Å²) in [6.07, 6.45) is 1.45. The summed E-state index contributed by atoms with van der Waals surface area (Å²) in [5, 5.41) is 2.67. The zero-order valence-electron chi connectivity index (χ0n) is 15.9. The predicted octanol–water partition coefficient (Wildman–Crippen LogP) is 2.31. The molecule has 0 spiro atoms. The molecule has 2 aromatic rings. The molecule has 0 atom stereocenters. The summed E-state index contributed by atoms with van der Waals surface area (Å²) in [5.41, 5.74) is 1.35. The van der Waals surface area contributed by atoms with E-state index in [1.165, 1.54) is 25.1 Å². The molecule has 156 valence electrons. The minimum absolute atomic E-state index is 0.116. The molecular weight excluding hydrogens is 414 g/mol. The Labute approximate surface area is 171 Å². The molecule has 0 aliphatic carbocycles. The zero-order valence-corrected chi connectivity index (χ0v) is 17.5. The Morgan fingerprint density at radius 1 is 1.00 bits per heavy atom. The van der Waals surface area contributed by atoms with E-state index in [4.69, 9.17) is 0 Å². The predicted molar refractivity (Wildman–Crippen MR) is 115 cm³/mol. The number of hydrogen-bond acceptors (Lipinski definition) is 5. The summed E-state index contributed by atoms with van der Waals surface area (Å²) < 4.78 is 52.2. The number of amides is 1. The van der Waals surface area contributed by atoms with Gasteiger partial charge in [0.25, 0.3) is 5.91 Å². The van der Waals surface area contributed by atoms with Crippen molar-refractivity contribution in [3.8, 4) is 0 Å². The fourth-order valence-electron chi connectivity index (χ4n) is 2.35. The average molecular weight is 438 g/mol. The van der Waals surface area contributed by atoms with Crippen LogP contribution in [-0.2, 0) is 25.8 Å². The zero-order chi connectivity index (χ0) is 21.5. The maximum Gasteiger partial charge on any atom is 0.257 e. The van der Waals surface area contributed by atoms with E-state index in [9.17, 15) is 21.6 Å². The largest absolute Gasteiger partial charge is 0.322 e. The lowest BCUT2D eigenvalue weighted by Crippen LogP contribution is -2.25. The van der Waals surface area contributed by atoms with Crippen molar-refractivity contribution in [2.24, 2.45) is 0 Å². The molecule has 0 saturated carbocycles. The third-order valence-electron chi connectivity index (χ3n) is 3.83. The van der Waals surface area contributed by atoms with Crippen molar-refractivity contribution in [1.29, 1.82) is 0 Å². The molecule has 1 amide bonds. The second-order valence-corrected chi connectivity index (χ2v) is 9.92. The van der Waals surface area contributed by atoms with Gasteiger partial charge in [0.2, 0.25) is 20.0 Å². The topological polar surface area (TPSA) is 121 Å². The number of carbonyl (C=O) groups is 1. The number of sulfonamides is 2. The summed E-state index contributed by atoms with van der Waals surface area (Å²) in [6, 6.07) is 12.6. The van der Waals surface area contributed by atoms with Gasteiger partial charge in [-0.3, -0.25) is 9.52 Å². The first-order valence-corrected chi connectivity index (χ1v) is 12.0. The summed E-state index contributed by atoms with van der Waals surface area (Å²) in [5.74, 6) is -0.807. The molecule has 8 nitrogen and oxygen atoms in total. The highest BCUT2D eigenvalue weighted by Crippen LogP contribution is 2.19. The van der Waals surface area contributed by atoms with Crippen molar-refractivity contribution in [1.82, 2.24) is 4.72 Å². The first kappa shape index (κ1) is 22.6. The van der Waals surface area contributed by atoms with Crippen LogP contribution in [0.1, 0.15) is 22.8 Å². The van der Waals surface area contributed by atoms with Gasteiger partial charge in [-0.2, -0.15) is 0 Å². The van der Waals surface area contributed by atoms with Crippen LogP contribution in [0.4, 0.5) is 11.4 Å². The van der Waals surface area contributed by atoms with Gasteiger partial charge in [-0.1, -0.05) is 30.3 Å². The van der Waals surface area contributed by atoms with Crippen LogP contribution in [0.5, 0.6) is 0 Å². The molecule has 0 heterocycles. The van der Waals surface area contributed by atoms with Gasteiger partial charge in [0, 0.05) is 12.2 Å². The van der Waals surface area contributed by atoms with E-state index in [1.54, 1.807) is 36.4 Å². The van der Waals surface area contributed by atoms with Gasteiger partial charge in [-0.25, -0.2) is 21.6 Å². The molecule has 0 radical (unpaired) electrons. The van der Waals surface area contributed by atoms with Gasteiger partial charge in [-0.05, 0) is 36.8 Å². The minimum atomic E-state index is -3.53. The molecule has 2 rings (SSSR count). The Morgan fingerprint density at radius 3 is 2.28 bits per heavy atom. The van der Waals surface area contributed by atoms with Crippen molar-refractivity contribution >= 4 is 37.3 Å². The van der Waals surface area contributed by atoms with E-state index in [2.05, 4.69) is 21.3 Å². The molecule has 0 fully saturated rings. The third-order valence-corrected chi connectivity index (χ3v) is 6.44. The lowest BCUT2D eigenvalue weighted by atomic mass is 10.1. The standard InChI is InChI=1S/C19H23N3O5S2/c1-3-13-20-29(26,27)14-15-9-11-16(12-10-15)21-19(23)17-7-5-6-8-18(17)22-28(24,25)4-2/h3,5-12,20,22H,1,4,13-14H2,2H3,(H,21,23). The number of para-hydroxylation sites is 1. The van der Waals surface area contributed by atoms with Crippen LogP contribution in [0, 0.1) is 0 Å². The lowest BCUT2D eigenvalue weighted by molar-refractivity contribution is 0.102. The fourth-order valence-corrected chi connectivity index (χ4v) is 4.11. The molecule has 0 aromatic heterocycles. The maximum atomic E-state index is 12.6. The van der Waals surface area contributed by atoms with E-state index in [-0.39, 0.29) is 29.3 Å². The van der Waals surface area contributed by atoms with E-state index in [0.29, 0.717) is 11.3 Å². The van der Waals surface area contributed by atoms with Crippen LogP contribution in [0.15, 0.2) is 61.2 Å². The molecule has 3 N–H and O–H groups in total. The number of carbonyl (C=O) groups excluding carboxylic acids is 1. The van der Waals surface area contributed by atoms with Crippen LogP contribution < -0.4 is 14.8 Å². The molecule has 0 aliphatic heterocycles. The highest BCUT2D eigenvalue weighted by molar-refractivity contribution is 7.92. The SMILES string of the molecule is C=CCNS(=O)(=O)Cc1ccc(NC(=O)c2ccccc2NS(=O)(=O)CC)cc1. The van der Waals surface area contributed by atoms with E-state index >= 15 is 0 Å². The number of nitrogens with one attached hydrogen (secondary N) is 3. The molecule has 0 unspecified atom stereocenters. The van der Waals surface area contributed by atoms with Crippen molar-refractivity contribution in [2.75, 3.05) is 22.3 Å². The Bertz CT molecular complexity index is 1080. The molecule has 0 saturated heterocycles. The maximum absolute atomic E-state index is 12.6. The normalized spacial score (nSPS) is 11.6. The van der Waals surface area contributed by atoms with Gasteiger partial charge in [0.15, 0.2) is 0 Å². The number of rotatable bonds is 10. The first-order valence-electron chi connectivity index (χ1n) is 8.74. The van der Waals surface area contributed by atoms with Gasteiger partial charge in [0.05, 0.1) is 22.8 Å². The fraction of sp³-hybridized carbons (Fsp3) is 0.211. The highest BCUT2D eigenvalue weighted by Gasteiger charge is 2.16. The Kier molecular flexibility index (Phi) is 7.54. The Balaban J connectivity index is 2.11. The number of hydrogen-bond donors (Lipinski definition) is 3. The summed E-state index contributed by atoms with van der Waals surface area (Å²) in [4.78, 5) is 12.6. The monoisotopic (exact) mass is 437 g/mol. The average Bonchev–Trinajstić information content (AvgIpc) is 2.68. The third kappa shape index (κ3) is 7.00. The second kappa shape index (κ2) is 9.68. The van der Waals surface area contributed by atoms with Crippen molar-refractivity contribution in [3.63, 3.8) is 0 Å². The second-order valence-electron chi connectivity index (χ2n) is 6.10. The number of anilines is 2. The van der Waals surface area contributed by atoms with Crippen LogP contribution in [-0.4, -0.2) is 35.0 Å². The summed E-state index contributed by atoms with van der Waals surface area (Å²) in [6.45, 7) is 5.11. The lowest BCUT2D eigenvalue weighted by Gasteiger charge is -2.12. The quantitative estimate of drug-likeness (QED) is 0.493. The molecule has 2 aromatic carbocycles. The van der Waals surface area contributed by atoms with Crippen LogP contribution >= 0.6 is 0 Å². The van der Waals surface area contributed by atoms with E-state index in [0.717, 1.165) is 0 Å². The van der Waals surface area contributed by atoms with Crippen LogP contribution in [0.2, 0.25) is 0 Å². The van der Waals surface area contributed by atoms with Gasteiger partial charge in [0.1, 0.15) is 0 Å². The van der Waals surface area contributed by atoms with Gasteiger partial charge < -0.3 is 5.32 Å². The van der Waals surface area contributed by atoms with Crippen molar-refractivity contribution in [3.05, 3.63) is 72.3 Å². The highest BCUT2D eigenvalue weighted by atomic mass is 32.2. The van der Waals surface area contributed by atoms with E-state index < -0.39 is 26.0 Å². The molecule has 0 bridgehead atoms. The molecule has 0 aliphatic rings. The van der Waals surface area contributed by atoms with Gasteiger partial charge >= 0.3 is 0 Å². The molecular formula is C19H23N3O5S2. The van der Waals surface area contributed by atoms with Crippen molar-refractivity contribution < 1.29 is 21.6 Å². The molecule has 29 heavy (non-hydrogen) atoms. The summed E-state index contributed by atoms with van der Waals surface area (Å²) in [7, 11) is -7.01. The smallest absolute Gasteiger partial charge is 0.257 e. The number of benzene rings is 2. The summed E-state index contributed by atoms with van der Waals surface area (Å²) >= 11 is 0. The Morgan fingerprint density at radius 2 is 1.66 bits per heavy atom.